The van der Waals surface area contributed by atoms with Crippen LogP contribution >= 0.6 is 0 Å². The van der Waals surface area contributed by atoms with Gasteiger partial charge in [-0.05, 0) is 18.9 Å². The number of alkyl halides is 6. The molecular formula is C11H9F6NO2. The van der Waals surface area contributed by atoms with Gasteiger partial charge in [0, 0.05) is 12.1 Å². The highest BCUT2D eigenvalue weighted by molar-refractivity contribution is 5.33. The molecule has 0 aliphatic rings. The largest absolute Gasteiger partial charge is 0.403 e. The van der Waals surface area contributed by atoms with E-state index in [1.54, 1.807) is 0 Å². The van der Waals surface area contributed by atoms with E-state index in [1.807, 2.05) is 0 Å². The van der Waals surface area contributed by atoms with Crippen LogP contribution < -0.4 is 0 Å². The van der Waals surface area contributed by atoms with E-state index in [0.717, 1.165) is 24.3 Å². The Bertz CT molecular complexity index is 477. The molecule has 0 aliphatic heterocycles. The maximum Gasteiger partial charge on any atom is 0.403 e. The highest BCUT2D eigenvalue weighted by Crippen LogP contribution is 2.51. The molecule has 0 unspecified atom stereocenters. The molecular weight excluding hydrogens is 292 g/mol. The quantitative estimate of drug-likeness (QED) is 0.475. The first kappa shape index (κ1) is 16.3. The highest BCUT2D eigenvalue weighted by atomic mass is 19.4. The number of benzene rings is 1. The fourth-order valence-electron chi connectivity index (χ4n) is 1.50. The number of hydrogen-bond donors (Lipinski definition) is 0. The van der Waals surface area contributed by atoms with E-state index in [0.29, 0.717) is 0 Å². The van der Waals surface area contributed by atoms with Crippen molar-refractivity contribution in [1.29, 1.82) is 0 Å². The standard InChI is InChI=1S/C11H9F6NO2/c1-9(10(12,13)14,11(15,16)17)6-7-2-4-8(5-3-7)18(19)20/h2-5H,6H2,1H3. The first-order chi connectivity index (χ1) is 8.88. The lowest BCUT2D eigenvalue weighted by atomic mass is 9.82. The van der Waals surface area contributed by atoms with Crippen molar-refractivity contribution in [2.75, 3.05) is 0 Å². The lowest BCUT2D eigenvalue weighted by molar-refractivity contribution is -0.384. The SMILES string of the molecule is CC(Cc1ccc([N+](=O)[O-])cc1)(C(F)(F)F)C(F)(F)F. The van der Waals surface area contributed by atoms with E-state index in [1.165, 1.54) is 0 Å². The normalized spacial score (nSPS) is 13.3. The van der Waals surface area contributed by atoms with Crippen molar-refractivity contribution < 1.29 is 31.3 Å². The Morgan fingerprint density at radius 2 is 1.40 bits per heavy atom. The van der Waals surface area contributed by atoms with Crippen LogP contribution in [0.4, 0.5) is 32.0 Å². The molecule has 0 aliphatic carbocycles. The first-order valence-electron chi connectivity index (χ1n) is 5.25. The van der Waals surface area contributed by atoms with Crippen LogP contribution in [0.25, 0.3) is 0 Å². The lowest BCUT2D eigenvalue weighted by Gasteiger charge is -2.34. The summed E-state index contributed by atoms with van der Waals surface area (Å²) < 4.78 is 76.0. The van der Waals surface area contributed by atoms with Gasteiger partial charge in [-0.3, -0.25) is 10.1 Å². The van der Waals surface area contributed by atoms with Crippen molar-refractivity contribution in [3.8, 4) is 0 Å². The summed E-state index contributed by atoms with van der Waals surface area (Å²) in [5, 5.41) is 10.4. The van der Waals surface area contributed by atoms with Gasteiger partial charge in [0.05, 0.1) is 4.92 Å². The number of non-ortho nitro benzene ring substituents is 1. The number of nitro benzene ring substituents is 1. The molecule has 0 saturated carbocycles. The van der Waals surface area contributed by atoms with Crippen LogP contribution in [-0.2, 0) is 6.42 Å². The van der Waals surface area contributed by atoms with Gasteiger partial charge in [-0.25, -0.2) is 0 Å². The molecule has 1 rings (SSSR count). The van der Waals surface area contributed by atoms with Crippen LogP contribution in [0.15, 0.2) is 24.3 Å². The van der Waals surface area contributed by atoms with E-state index in [9.17, 15) is 36.5 Å². The van der Waals surface area contributed by atoms with E-state index >= 15 is 0 Å². The van der Waals surface area contributed by atoms with Crippen LogP contribution in [-0.4, -0.2) is 17.3 Å². The zero-order chi connectivity index (χ0) is 15.8. The average Bonchev–Trinajstić information content (AvgIpc) is 2.26. The first-order valence-corrected chi connectivity index (χ1v) is 5.25. The Hall–Kier alpha value is -1.80. The van der Waals surface area contributed by atoms with Crippen LogP contribution in [0, 0.1) is 15.5 Å². The van der Waals surface area contributed by atoms with Gasteiger partial charge in [-0.15, -0.1) is 0 Å². The monoisotopic (exact) mass is 301 g/mol. The summed E-state index contributed by atoms with van der Waals surface area (Å²) in [7, 11) is 0. The van der Waals surface area contributed by atoms with Crippen LogP contribution in [0.3, 0.4) is 0 Å². The predicted octanol–water partition coefficient (Wildman–Crippen LogP) is 4.27. The summed E-state index contributed by atoms with van der Waals surface area (Å²) >= 11 is 0. The fourth-order valence-corrected chi connectivity index (χ4v) is 1.50. The van der Waals surface area contributed by atoms with Gasteiger partial charge in [-0.2, -0.15) is 26.3 Å². The average molecular weight is 301 g/mol. The smallest absolute Gasteiger partial charge is 0.258 e. The molecule has 0 spiro atoms. The minimum absolute atomic E-state index is 0.0639. The molecule has 1 aromatic rings. The molecule has 1 aromatic carbocycles. The van der Waals surface area contributed by atoms with E-state index in [2.05, 4.69) is 0 Å². The maximum absolute atomic E-state index is 12.7. The second kappa shape index (κ2) is 4.95. The molecule has 9 heteroatoms. The summed E-state index contributed by atoms with van der Waals surface area (Å²) in [6.45, 7) is 0.0639. The van der Waals surface area contributed by atoms with Crippen molar-refractivity contribution in [2.45, 2.75) is 25.7 Å². The molecule has 0 heterocycles. The fraction of sp³-hybridized carbons (Fsp3) is 0.455. The Labute approximate surface area is 109 Å². The second-order valence-corrected chi connectivity index (χ2v) is 4.43. The molecule has 112 valence electrons. The van der Waals surface area contributed by atoms with E-state index in [-0.39, 0.29) is 12.5 Å². The molecule has 0 aromatic heterocycles. The van der Waals surface area contributed by atoms with Crippen LogP contribution in [0.2, 0.25) is 0 Å². The third kappa shape index (κ3) is 3.02. The van der Waals surface area contributed by atoms with Crippen molar-refractivity contribution in [1.82, 2.24) is 0 Å². The van der Waals surface area contributed by atoms with Gasteiger partial charge in [0.15, 0.2) is 5.41 Å². The van der Waals surface area contributed by atoms with Gasteiger partial charge in [-0.1, -0.05) is 12.1 Å². The third-order valence-electron chi connectivity index (χ3n) is 2.96. The summed E-state index contributed by atoms with van der Waals surface area (Å²) in [5.41, 5.74) is -4.60. The molecule has 0 atom stereocenters. The van der Waals surface area contributed by atoms with Crippen molar-refractivity contribution >= 4 is 5.69 Å². The number of nitrogens with zero attached hydrogens (tertiary/aromatic N) is 1. The maximum atomic E-state index is 12.7. The molecule has 0 saturated heterocycles. The lowest BCUT2D eigenvalue weighted by Crippen LogP contribution is -2.49. The van der Waals surface area contributed by atoms with Crippen molar-refractivity contribution in [3.63, 3.8) is 0 Å². The Kier molecular flexibility index (Phi) is 4.02. The summed E-state index contributed by atoms with van der Waals surface area (Å²) in [6.07, 6.45) is -12.3. The Morgan fingerprint density at radius 1 is 1.00 bits per heavy atom. The molecule has 20 heavy (non-hydrogen) atoms. The van der Waals surface area contributed by atoms with Crippen LogP contribution in [0.5, 0.6) is 0 Å². The molecule has 0 N–H and O–H groups in total. The third-order valence-corrected chi connectivity index (χ3v) is 2.96. The van der Waals surface area contributed by atoms with E-state index < -0.39 is 34.8 Å². The number of rotatable bonds is 3. The zero-order valence-corrected chi connectivity index (χ0v) is 10.0. The topological polar surface area (TPSA) is 43.1 Å². The van der Waals surface area contributed by atoms with Gasteiger partial charge < -0.3 is 0 Å². The highest BCUT2D eigenvalue weighted by Gasteiger charge is 2.67. The predicted molar refractivity (Wildman–Crippen MR) is 57.0 cm³/mol. The molecule has 0 amide bonds. The second-order valence-electron chi connectivity index (χ2n) is 4.43. The Morgan fingerprint density at radius 3 is 1.70 bits per heavy atom. The zero-order valence-electron chi connectivity index (χ0n) is 10.0. The van der Waals surface area contributed by atoms with Crippen molar-refractivity contribution in [2.24, 2.45) is 5.41 Å². The summed E-state index contributed by atoms with van der Waals surface area (Å²) in [5.74, 6) is 0. The number of halogens is 6. The number of nitro groups is 1. The van der Waals surface area contributed by atoms with Gasteiger partial charge >= 0.3 is 12.4 Å². The summed E-state index contributed by atoms with van der Waals surface area (Å²) in [4.78, 5) is 9.57. The minimum atomic E-state index is -5.48. The van der Waals surface area contributed by atoms with Gasteiger partial charge in [0.2, 0.25) is 0 Å². The van der Waals surface area contributed by atoms with Crippen molar-refractivity contribution in [3.05, 3.63) is 39.9 Å². The minimum Gasteiger partial charge on any atom is -0.258 e. The van der Waals surface area contributed by atoms with E-state index in [4.69, 9.17) is 0 Å². The van der Waals surface area contributed by atoms with Gasteiger partial charge in [0.25, 0.3) is 5.69 Å². The van der Waals surface area contributed by atoms with Gasteiger partial charge in [0.1, 0.15) is 0 Å². The Balaban J connectivity index is 3.12. The number of hydrogen-bond acceptors (Lipinski definition) is 2. The molecule has 3 nitrogen and oxygen atoms in total. The molecule has 0 fully saturated rings. The molecule has 0 bridgehead atoms. The summed E-state index contributed by atoms with van der Waals surface area (Å²) in [6, 6.07) is 3.49. The van der Waals surface area contributed by atoms with Crippen LogP contribution in [0.1, 0.15) is 12.5 Å². The molecule has 0 radical (unpaired) electrons.